The summed E-state index contributed by atoms with van der Waals surface area (Å²) >= 11 is 1.84. The molecule has 1 saturated carbocycles. The van der Waals surface area contributed by atoms with Gasteiger partial charge in [0.05, 0.1) is 5.69 Å². The van der Waals surface area contributed by atoms with Gasteiger partial charge in [0.2, 0.25) is 5.91 Å². The Kier molecular flexibility index (Phi) is 7.58. The van der Waals surface area contributed by atoms with Crippen molar-refractivity contribution >= 4 is 35.1 Å². The van der Waals surface area contributed by atoms with E-state index in [9.17, 15) is 9.59 Å². The fraction of sp³-hybridized carbons (Fsp3) is 0.391. The van der Waals surface area contributed by atoms with Gasteiger partial charge in [0, 0.05) is 22.9 Å². The van der Waals surface area contributed by atoms with Gasteiger partial charge in [-0.05, 0) is 43.0 Å². The van der Waals surface area contributed by atoms with Gasteiger partial charge in [-0.15, -0.1) is 11.8 Å². The van der Waals surface area contributed by atoms with Crippen LogP contribution in [0.2, 0.25) is 0 Å². The van der Waals surface area contributed by atoms with Crippen LogP contribution in [0, 0.1) is 0 Å². The van der Waals surface area contributed by atoms with Gasteiger partial charge >= 0.3 is 6.03 Å². The first-order chi connectivity index (χ1) is 14.1. The molecule has 0 bridgehead atoms. The van der Waals surface area contributed by atoms with Gasteiger partial charge in [-0.25, -0.2) is 4.79 Å². The van der Waals surface area contributed by atoms with Crippen molar-refractivity contribution in [2.45, 2.75) is 49.2 Å². The Labute approximate surface area is 177 Å². The number of rotatable bonds is 7. The molecule has 0 spiro atoms. The van der Waals surface area contributed by atoms with Crippen LogP contribution in [0.1, 0.15) is 38.2 Å². The van der Waals surface area contributed by atoms with Gasteiger partial charge in [-0.2, -0.15) is 0 Å². The number of nitrogens with zero attached hydrogens (tertiary/aromatic N) is 1. The molecule has 3 amide bonds. The predicted octanol–water partition coefficient (Wildman–Crippen LogP) is 5.39. The molecule has 1 aliphatic rings. The van der Waals surface area contributed by atoms with E-state index < -0.39 is 0 Å². The largest absolute Gasteiger partial charge is 0.324 e. The third-order valence-corrected chi connectivity index (χ3v) is 6.54. The Hall–Kier alpha value is -2.47. The van der Waals surface area contributed by atoms with Crippen LogP contribution in [0.4, 0.5) is 16.2 Å². The van der Waals surface area contributed by atoms with Crippen LogP contribution in [0.25, 0.3) is 0 Å². The Morgan fingerprint density at radius 3 is 2.38 bits per heavy atom. The lowest BCUT2D eigenvalue weighted by molar-refractivity contribution is -0.116. The highest BCUT2D eigenvalue weighted by molar-refractivity contribution is 8.00. The maximum Gasteiger partial charge on any atom is 0.322 e. The molecule has 2 aromatic carbocycles. The quantitative estimate of drug-likeness (QED) is 0.642. The number of likely N-dealkylation sites (N-methyl/N-ethyl adjacent to an activating group) is 1. The van der Waals surface area contributed by atoms with E-state index in [-0.39, 0.29) is 18.5 Å². The van der Waals surface area contributed by atoms with E-state index >= 15 is 0 Å². The zero-order valence-corrected chi connectivity index (χ0v) is 17.9. The normalized spacial score (nSPS) is 13.9. The first-order valence-corrected chi connectivity index (χ1v) is 11.1. The molecule has 6 heteroatoms. The number of anilines is 2. The smallest absolute Gasteiger partial charge is 0.322 e. The number of nitrogens with one attached hydrogen (secondary N) is 2. The molecule has 0 aromatic heterocycles. The molecule has 154 valence electrons. The van der Waals surface area contributed by atoms with Gasteiger partial charge in [-0.1, -0.05) is 50.1 Å². The highest BCUT2D eigenvalue weighted by Crippen LogP contribution is 2.38. The summed E-state index contributed by atoms with van der Waals surface area (Å²) in [5, 5.41) is 6.49. The van der Waals surface area contributed by atoms with Gasteiger partial charge < -0.3 is 15.5 Å². The fourth-order valence-electron chi connectivity index (χ4n) is 3.50. The molecule has 0 heterocycles. The number of hydrogen-bond donors (Lipinski definition) is 2. The molecule has 0 aliphatic heterocycles. The Balaban J connectivity index is 1.57. The summed E-state index contributed by atoms with van der Waals surface area (Å²) in [6.45, 7) is 2.04. The Bertz CT molecular complexity index is 850. The van der Waals surface area contributed by atoms with Crippen molar-refractivity contribution in [1.82, 2.24) is 4.90 Å². The van der Waals surface area contributed by atoms with Crippen molar-refractivity contribution in [2.24, 2.45) is 0 Å². The zero-order chi connectivity index (χ0) is 20.6. The van der Waals surface area contributed by atoms with Crippen molar-refractivity contribution in [1.29, 1.82) is 0 Å². The summed E-state index contributed by atoms with van der Waals surface area (Å²) in [5.74, 6) is -0.211. The lowest BCUT2D eigenvalue weighted by atomic mass is 10.1. The minimum atomic E-state index is -0.289. The number of para-hydroxylation sites is 2. The van der Waals surface area contributed by atoms with Crippen LogP contribution < -0.4 is 10.6 Å². The molecule has 29 heavy (non-hydrogen) atoms. The van der Waals surface area contributed by atoms with E-state index in [2.05, 4.69) is 10.6 Å². The van der Waals surface area contributed by atoms with E-state index in [1.54, 1.807) is 7.05 Å². The third-order valence-electron chi connectivity index (χ3n) is 5.12. The van der Waals surface area contributed by atoms with Gasteiger partial charge in [0.15, 0.2) is 0 Å². The van der Waals surface area contributed by atoms with Crippen molar-refractivity contribution in [3.63, 3.8) is 0 Å². The summed E-state index contributed by atoms with van der Waals surface area (Å²) in [6.07, 6.45) is 5.86. The average Bonchev–Trinajstić information content (AvgIpc) is 3.23. The van der Waals surface area contributed by atoms with E-state index in [0.717, 1.165) is 28.3 Å². The molecule has 0 atom stereocenters. The van der Waals surface area contributed by atoms with Crippen molar-refractivity contribution in [2.75, 3.05) is 24.2 Å². The zero-order valence-electron chi connectivity index (χ0n) is 17.1. The van der Waals surface area contributed by atoms with E-state index in [1.165, 1.54) is 30.6 Å². The summed E-state index contributed by atoms with van der Waals surface area (Å²) in [6, 6.07) is 15.3. The second kappa shape index (κ2) is 10.3. The number of carbonyl (C=O) groups is 2. The van der Waals surface area contributed by atoms with Crippen LogP contribution in [-0.4, -0.2) is 35.7 Å². The van der Waals surface area contributed by atoms with Gasteiger partial charge in [0.25, 0.3) is 0 Å². The molecule has 1 aliphatic carbocycles. The first-order valence-electron chi connectivity index (χ1n) is 10.2. The van der Waals surface area contributed by atoms with Crippen molar-refractivity contribution < 1.29 is 9.59 Å². The molecule has 3 rings (SSSR count). The average molecular weight is 412 g/mol. The van der Waals surface area contributed by atoms with E-state index in [0.29, 0.717) is 5.25 Å². The van der Waals surface area contributed by atoms with Crippen LogP contribution >= 0.6 is 11.8 Å². The minimum Gasteiger partial charge on any atom is -0.324 e. The summed E-state index contributed by atoms with van der Waals surface area (Å²) in [4.78, 5) is 27.5. The topological polar surface area (TPSA) is 61.4 Å². The molecule has 5 nitrogen and oxygen atoms in total. The Morgan fingerprint density at radius 1 is 1.00 bits per heavy atom. The molecule has 1 fully saturated rings. The Morgan fingerprint density at radius 2 is 1.66 bits per heavy atom. The van der Waals surface area contributed by atoms with Gasteiger partial charge in [-0.3, -0.25) is 4.79 Å². The molecular formula is C23H29N3O2S. The first kappa shape index (κ1) is 21.2. The maximum atomic E-state index is 12.6. The number of carbonyl (C=O) groups excluding carboxylic acids is 2. The maximum absolute atomic E-state index is 12.6. The van der Waals surface area contributed by atoms with Gasteiger partial charge in [0.1, 0.15) is 6.54 Å². The molecular weight excluding hydrogens is 382 g/mol. The molecule has 0 unspecified atom stereocenters. The number of hydrogen-bond acceptors (Lipinski definition) is 3. The van der Waals surface area contributed by atoms with Crippen LogP contribution in [0.15, 0.2) is 53.4 Å². The van der Waals surface area contributed by atoms with Crippen LogP contribution in [-0.2, 0) is 11.2 Å². The minimum absolute atomic E-state index is 0.0121. The lowest BCUT2D eigenvalue weighted by Crippen LogP contribution is -2.37. The fourth-order valence-corrected chi connectivity index (χ4v) is 4.83. The number of aryl methyl sites for hydroxylation is 1. The molecule has 0 radical (unpaired) electrons. The summed E-state index contributed by atoms with van der Waals surface area (Å²) in [7, 11) is 1.63. The van der Waals surface area contributed by atoms with Crippen LogP contribution in [0.5, 0.6) is 0 Å². The standard InChI is InChI=1S/C23H29N3O2S/c1-3-17-10-4-7-13-19(17)24-22(27)16-26(2)23(28)25-20-14-8-9-15-21(20)29-18-11-5-6-12-18/h4,7-10,13-15,18H,3,5-6,11-12,16H2,1-2H3,(H,24,27)(H,25,28). The lowest BCUT2D eigenvalue weighted by Gasteiger charge is -2.20. The third kappa shape index (κ3) is 6.00. The SMILES string of the molecule is CCc1ccccc1NC(=O)CN(C)C(=O)Nc1ccccc1SC1CCCC1. The number of benzene rings is 2. The number of urea groups is 1. The van der Waals surface area contributed by atoms with Crippen molar-refractivity contribution in [3.05, 3.63) is 54.1 Å². The number of amides is 3. The van der Waals surface area contributed by atoms with Crippen molar-refractivity contribution in [3.8, 4) is 0 Å². The summed E-state index contributed by atoms with van der Waals surface area (Å²) < 4.78 is 0. The molecule has 0 saturated heterocycles. The summed E-state index contributed by atoms with van der Waals surface area (Å²) in [5.41, 5.74) is 2.68. The molecule has 2 N–H and O–H groups in total. The monoisotopic (exact) mass is 411 g/mol. The highest BCUT2D eigenvalue weighted by Gasteiger charge is 2.19. The highest BCUT2D eigenvalue weighted by atomic mass is 32.2. The second-order valence-corrected chi connectivity index (χ2v) is 8.71. The second-order valence-electron chi connectivity index (χ2n) is 7.37. The van der Waals surface area contributed by atoms with E-state index in [4.69, 9.17) is 0 Å². The number of thioether (sulfide) groups is 1. The predicted molar refractivity (Wildman–Crippen MR) is 121 cm³/mol. The van der Waals surface area contributed by atoms with Crippen LogP contribution in [0.3, 0.4) is 0 Å². The van der Waals surface area contributed by atoms with E-state index in [1.807, 2.05) is 67.2 Å². The molecule has 2 aromatic rings.